The third-order valence-electron chi connectivity index (χ3n) is 2.26. The minimum Gasteiger partial charge on any atom is -0.382 e. The van der Waals surface area contributed by atoms with Gasteiger partial charge in [-0.25, -0.2) is 0 Å². The van der Waals surface area contributed by atoms with Crippen LogP contribution in [0.2, 0.25) is 0 Å². The second-order valence-corrected chi connectivity index (χ2v) is 3.97. The van der Waals surface area contributed by atoms with Gasteiger partial charge in [0.05, 0.1) is 11.3 Å². The van der Waals surface area contributed by atoms with Gasteiger partial charge < -0.3 is 5.32 Å². The van der Waals surface area contributed by atoms with Gasteiger partial charge in [0.2, 0.25) is 0 Å². The molecule has 0 spiro atoms. The zero-order valence-corrected chi connectivity index (χ0v) is 9.86. The second-order valence-electron chi connectivity index (χ2n) is 3.97. The number of hydrogen-bond donors (Lipinski definition) is 1. The van der Waals surface area contributed by atoms with Crippen LogP contribution < -0.4 is 5.32 Å². The van der Waals surface area contributed by atoms with Crippen LogP contribution in [0.3, 0.4) is 0 Å². The molecule has 0 aliphatic rings. The quantitative estimate of drug-likeness (QED) is 0.674. The molecule has 1 atom stereocenters. The highest BCUT2D eigenvalue weighted by atomic mass is 19.4. The normalized spacial score (nSPS) is 12.6. The molecule has 19 heavy (non-hydrogen) atoms. The lowest BCUT2D eigenvalue weighted by atomic mass is 10.1. The number of anilines is 1. The van der Waals surface area contributed by atoms with Crippen molar-refractivity contribution in [3.63, 3.8) is 0 Å². The summed E-state index contributed by atoms with van der Waals surface area (Å²) in [5.41, 5.74) is -0.343. The Hall–Kier alpha value is -2.30. The number of nitro benzene ring substituents is 1. The summed E-state index contributed by atoms with van der Waals surface area (Å²) >= 11 is 0. The molecule has 1 aromatic carbocycles. The molecule has 1 unspecified atom stereocenters. The maximum Gasteiger partial charge on any atom is 0.391 e. The Labute approximate surface area is 106 Å². The van der Waals surface area contributed by atoms with Gasteiger partial charge in [-0.15, -0.1) is 0 Å². The number of nitrogens with one attached hydrogen (secondary N) is 1. The number of halogens is 3. The van der Waals surface area contributed by atoms with Crippen molar-refractivity contribution < 1.29 is 18.1 Å². The summed E-state index contributed by atoms with van der Waals surface area (Å²) in [5.74, 6) is 0. The van der Waals surface area contributed by atoms with E-state index in [4.69, 9.17) is 5.26 Å². The molecule has 0 saturated carbocycles. The number of nitrogens with zero attached hydrogens (tertiary/aromatic N) is 2. The average Bonchev–Trinajstić information content (AvgIpc) is 2.25. The van der Waals surface area contributed by atoms with Crippen molar-refractivity contribution in [2.24, 2.45) is 0 Å². The minimum atomic E-state index is -4.30. The average molecular weight is 273 g/mol. The minimum absolute atomic E-state index is 0.200. The Balaban J connectivity index is 2.87. The summed E-state index contributed by atoms with van der Waals surface area (Å²) in [4.78, 5) is 9.87. The number of benzene rings is 1. The Morgan fingerprint density at radius 1 is 1.53 bits per heavy atom. The topological polar surface area (TPSA) is 79.0 Å². The smallest absolute Gasteiger partial charge is 0.382 e. The van der Waals surface area contributed by atoms with Crippen molar-refractivity contribution in [2.75, 3.05) is 5.32 Å². The summed E-state index contributed by atoms with van der Waals surface area (Å²) in [6, 6.07) is 4.25. The van der Waals surface area contributed by atoms with Gasteiger partial charge in [-0.2, -0.15) is 18.4 Å². The molecule has 0 heterocycles. The molecule has 0 bridgehead atoms. The van der Waals surface area contributed by atoms with Gasteiger partial charge in [0.1, 0.15) is 11.6 Å². The van der Waals surface area contributed by atoms with Crippen molar-refractivity contribution in [3.05, 3.63) is 33.9 Å². The van der Waals surface area contributed by atoms with Crippen LogP contribution in [0.1, 0.15) is 18.9 Å². The summed E-state index contributed by atoms with van der Waals surface area (Å²) in [7, 11) is 0. The molecular weight excluding hydrogens is 263 g/mol. The van der Waals surface area contributed by atoms with E-state index in [0.717, 1.165) is 12.1 Å². The zero-order chi connectivity index (χ0) is 14.6. The van der Waals surface area contributed by atoms with Crippen molar-refractivity contribution in [2.45, 2.75) is 25.6 Å². The van der Waals surface area contributed by atoms with E-state index in [-0.39, 0.29) is 16.9 Å². The molecule has 1 rings (SSSR count). The van der Waals surface area contributed by atoms with Crippen LogP contribution in [0.25, 0.3) is 0 Å². The van der Waals surface area contributed by atoms with Gasteiger partial charge >= 0.3 is 6.18 Å². The van der Waals surface area contributed by atoms with E-state index in [0.29, 0.717) is 0 Å². The standard InChI is InChI=1S/C11H10F3N3O2/c1-7(5-11(12,13)14)16-9-2-3-10(17(18)19)8(4-9)6-15/h2-4,7,16H,5H2,1H3. The highest BCUT2D eigenvalue weighted by molar-refractivity contribution is 5.58. The van der Waals surface area contributed by atoms with Gasteiger partial charge in [-0.05, 0) is 19.1 Å². The fourth-order valence-electron chi connectivity index (χ4n) is 1.56. The molecule has 0 aliphatic heterocycles. The number of alkyl halides is 3. The van der Waals surface area contributed by atoms with Gasteiger partial charge in [0, 0.05) is 17.8 Å². The predicted octanol–water partition coefficient (Wildman–Crippen LogP) is 3.22. The Kier molecular flexibility index (Phi) is 4.32. The first-order valence-electron chi connectivity index (χ1n) is 5.25. The Morgan fingerprint density at radius 3 is 2.63 bits per heavy atom. The van der Waals surface area contributed by atoms with Crippen molar-refractivity contribution in [1.29, 1.82) is 5.26 Å². The van der Waals surface area contributed by atoms with Crippen LogP contribution >= 0.6 is 0 Å². The van der Waals surface area contributed by atoms with Crippen LogP contribution in [-0.4, -0.2) is 17.1 Å². The number of rotatable bonds is 4. The fourth-order valence-corrected chi connectivity index (χ4v) is 1.56. The predicted molar refractivity (Wildman–Crippen MR) is 61.6 cm³/mol. The lowest BCUT2D eigenvalue weighted by Crippen LogP contribution is -2.23. The maximum atomic E-state index is 12.1. The largest absolute Gasteiger partial charge is 0.391 e. The summed E-state index contributed by atoms with van der Waals surface area (Å²) in [5, 5.41) is 21.9. The van der Waals surface area contributed by atoms with Crippen molar-refractivity contribution in [3.8, 4) is 6.07 Å². The molecule has 0 amide bonds. The van der Waals surface area contributed by atoms with E-state index in [1.165, 1.54) is 13.0 Å². The van der Waals surface area contributed by atoms with Crippen LogP contribution in [0.5, 0.6) is 0 Å². The van der Waals surface area contributed by atoms with Crippen LogP contribution in [0.15, 0.2) is 18.2 Å². The van der Waals surface area contributed by atoms with Crippen LogP contribution in [0.4, 0.5) is 24.5 Å². The molecule has 8 heteroatoms. The van der Waals surface area contributed by atoms with E-state index in [2.05, 4.69) is 5.32 Å². The third kappa shape index (κ3) is 4.46. The number of nitriles is 1. The monoisotopic (exact) mass is 273 g/mol. The first kappa shape index (κ1) is 14.8. The van der Waals surface area contributed by atoms with Gasteiger partial charge in [-0.3, -0.25) is 10.1 Å². The molecule has 0 aromatic heterocycles. The maximum absolute atomic E-state index is 12.1. The molecular formula is C11H10F3N3O2. The third-order valence-corrected chi connectivity index (χ3v) is 2.26. The van der Waals surface area contributed by atoms with E-state index in [1.807, 2.05) is 0 Å². The van der Waals surface area contributed by atoms with Gasteiger partial charge in [0.15, 0.2) is 0 Å². The molecule has 1 N–H and O–H groups in total. The fraction of sp³-hybridized carbons (Fsp3) is 0.364. The Morgan fingerprint density at radius 2 is 2.16 bits per heavy atom. The SMILES string of the molecule is CC(CC(F)(F)F)Nc1ccc([N+](=O)[O-])c(C#N)c1. The first-order chi connectivity index (χ1) is 8.73. The molecule has 0 fully saturated rings. The van der Waals surface area contributed by atoms with E-state index in [9.17, 15) is 23.3 Å². The summed E-state index contributed by atoms with van der Waals surface area (Å²) in [6.07, 6.45) is -5.34. The highest BCUT2D eigenvalue weighted by Crippen LogP contribution is 2.25. The zero-order valence-electron chi connectivity index (χ0n) is 9.86. The van der Waals surface area contributed by atoms with Crippen LogP contribution in [0, 0.1) is 21.4 Å². The lowest BCUT2D eigenvalue weighted by molar-refractivity contribution is -0.385. The molecule has 0 radical (unpaired) electrons. The van der Waals surface area contributed by atoms with Crippen molar-refractivity contribution >= 4 is 11.4 Å². The first-order valence-corrected chi connectivity index (χ1v) is 5.25. The number of hydrogen-bond acceptors (Lipinski definition) is 4. The number of nitro groups is 1. The van der Waals surface area contributed by atoms with Crippen molar-refractivity contribution in [1.82, 2.24) is 0 Å². The molecule has 0 aliphatic carbocycles. The highest BCUT2D eigenvalue weighted by Gasteiger charge is 2.30. The molecule has 5 nitrogen and oxygen atoms in total. The second kappa shape index (κ2) is 5.56. The summed E-state index contributed by atoms with van der Waals surface area (Å²) in [6.45, 7) is 1.33. The van der Waals surface area contributed by atoms with E-state index < -0.39 is 23.6 Å². The van der Waals surface area contributed by atoms with E-state index in [1.54, 1.807) is 6.07 Å². The van der Waals surface area contributed by atoms with E-state index >= 15 is 0 Å². The molecule has 102 valence electrons. The Bertz CT molecular complexity index is 523. The van der Waals surface area contributed by atoms with Gasteiger partial charge in [-0.1, -0.05) is 0 Å². The lowest BCUT2D eigenvalue weighted by Gasteiger charge is -2.17. The summed E-state index contributed by atoms with van der Waals surface area (Å²) < 4.78 is 36.4. The van der Waals surface area contributed by atoms with Gasteiger partial charge in [0.25, 0.3) is 5.69 Å². The molecule has 1 aromatic rings. The molecule has 0 saturated heterocycles. The van der Waals surface area contributed by atoms with Crippen LogP contribution in [-0.2, 0) is 0 Å².